The summed E-state index contributed by atoms with van der Waals surface area (Å²) in [4.78, 5) is 2.58. The highest BCUT2D eigenvalue weighted by atomic mass is 15.2. The van der Waals surface area contributed by atoms with Crippen molar-refractivity contribution >= 4 is 0 Å². The molecule has 3 aliphatic carbocycles. The van der Waals surface area contributed by atoms with E-state index in [4.69, 9.17) is 0 Å². The SMILES string of the molecule is CC(C)NC1(C#N)CCC(N(C)CC2CC3CCC2C3)C1. The minimum absolute atomic E-state index is 0.276. The van der Waals surface area contributed by atoms with Crippen LogP contribution in [0, 0.1) is 29.1 Å². The summed E-state index contributed by atoms with van der Waals surface area (Å²) in [5.41, 5.74) is -0.276. The van der Waals surface area contributed by atoms with Crippen molar-refractivity contribution < 1.29 is 0 Å². The highest BCUT2D eigenvalue weighted by Gasteiger charge is 2.44. The second-order valence-corrected chi connectivity index (χ2v) is 8.26. The molecule has 0 heterocycles. The minimum Gasteiger partial charge on any atom is -0.303 e. The molecular weight excluding hydrogens is 258 g/mol. The molecule has 3 heteroatoms. The predicted octanol–water partition coefficient (Wildman–Crippen LogP) is 3.17. The summed E-state index contributed by atoms with van der Waals surface area (Å²) in [6.07, 6.45) is 9.11. The highest BCUT2D eigenvalue weighted by molar-refractivity contribution is 5.14. The summed E-state index contributed by atoms with van der Waals surface area (Å²) >= 11 is 0. The number of nitriles is 1. The van der Waals surface area contributed by atoms with Gasteiger partial charge < -0.3 is 4.90 Å². The zero-order valence-electron chi connectivity index (χ0n) is 13.9. The predicted molar refractivity (Wildman–Crippen MR) is 85.8 cm³/mol. The lowest BCUT2D eigenvalue weighted by molar-refractivity contribution is 0.169. The topological polar surface area (TPSA) is 39.1 Å². The number of rotatable bonds is 5. The van der Waals surface area contributed by atoms with Crippen LogP contribution in [-0.4, -0.2) is 36.1 Å². The van der Waals surface area contributed by atoms with Gasteiger partial charge in [0, 0.05) is 18.6 Å². The normalized spacial score (nSPS) is 42.1. The van der Waals surface area contributed by atoms with Gasteiger partial charge in [-0.15, -0.1) is 0 Å². The highest BCUT2D eigenvalue weighted by Crippen LogP contribution is 2.48. The van der Waals surface area contributed by atoms with Gasteiger partial charge in [-0.1, -0.05) is 6.42 Å². The molecule has 0 spiro atoms. The van der Waals surface area contributed by atoms with E-state index in [-0.39, 0.29) is 5.54 Å². The summed E-state index contributed by atoms with van der Waals surface area (Å²) in [6.45, 7) is 5.55. The fourth-order valence-corrected chi connectivity index (χ4v) is 5.33. The maximum atomic E-state index is 9.60. The number of fused-ring (bicyclic) bond motifs is 2. The van der Waals surface area contributed by atoms with Gasteiger partial charge in [0.15, 0.2) is 0 Å². The molecule has 3 rings (SSSR count). The Labute approximate surface area is 130 Å². The second-order valence-electron chi connectivity index (χ2n) is 8.26. The first-order valence-corrected chi connectivity index (χ1v) is 8.90. The number of hydrogen-bond acceptors (Lipinski definition) is 3. The fraction of sp³-hybridized carbons (Fsp3) is 0.944. The molecule has 0 aliphatic heterocycles. The van der Waals surface area contributed by atoms with Crippen LogP contribution >= 0.6 is 0 Å². The average Bonchev–Trinajstić information content (AvgIpc) is 3.13. The van der Waals surface area contributed by atoms with Crippen LogP contribution in [-0.2, 0) is 0 Å². The molecule has 21 heavy (non-hydrogen) atoms. The quantitative estimate of drug-likeness (QED) is 0.845. The van der Waals surface area contributed by atoms with E-state index >= 15 is 0 Å². The monoisotopic (exact) mass is 289 g/mol. The van der Waals surface area contributed by atoms with Crippen LogP contribution in [0.25, 0.3) is 0 Å². The van der Waals surface area contributed by atoms with E-state index in [1.54, 1.807) is 0 Å². The minimum atomic E-state index is -0.276. The van der Waals surface area contributed by atoms with Gasteiger partial charge in [-0.2, -0.15) is 5.26 Å². The zero-order chi connectivity index (χ0) is 15.0. The Morgan fingerprint density at radius 2 is 2.10 bits per heavy atom. The van der Waals surface area contributed by atoms with Gasteiger partial charge in [-0.05, 0) is 77.2 Å². The van der Waals surface area contributed by atoms with Crippen LogP contribution in [0.5, 0.6) is 0 Å². The van der Waals surface area contributed by atoms with Crippen molar-refractivity contribution in [3.8, 4) is 6.07 Å². The number of hydrogen-bond donors (Lipinski definition) is 1. The van der Waals surface area contributed by atoms with E-state index in [9.17, 15) is 5.26 Å². The Morgan fingerprint density at radius 3 is 2.67 bits per heavy atom. The van der Waals surface area contributed by atoms with Crippen molar-refractivity contribution in [3.05, 3.63) is 0 Å². The van der Waals surface area contributed by atoms with Crippen molar-refractivity contribution in [3.63, 3.8) is 0 Å². The molecular formula is C18H31N3. The smallest absolute Gasteiger partial charge is 0.108 e. The molecule has 0 aromatic heterocycles. The average molecular weight is 289 g/mol. The molecule has 3 aliphatic rings. The van der Waals surface area contributed by atoms with Gasteiger partial charge in [-0.25, -0.2) is 0 Å². The van der Waals surface area contributed by atoms with Crippen molar-refractivity contribution in [1.82, 2.24) is 10.2 Å². The molecule has 0 aromatic carbocycles. The van der Waals surface area contributed by atoms with Gasteiger partial charge in [0.25, 0.3) is 0 Å². The summed E-state index contributed by atoms with van der Waals surface area (Å²) in [5, 5.41) is 13.1. The molecule has 0 saturated heterocycles. The molecule has 0 radical (unpaired) electrons. The first kappa shape index (κ1) is 15.3. The second kappa shape index (κ2) is 5.89. The Bertz CT molecular complexity index is 413. The lowest BCUT2D eigenvalue weighted by atomic mass is 9.88. The Morgan fingerprint density at radius 1 is 1.29 bits per heavy atom. The van der Waals surface area contributed by atoms with Crippen molar-refractivity contribution in [2.75, 3.05) is 13.6 Å². The van der Waals surface area contributed by atoms with Gasteiger partial charge in [-0.3, -0.25) is 5.32 Å². The molecule has 3 nitrogen and oxygen atoms in total. The lowest BCUT2D eigenvalue weighted by Crippen LogP contribution is -2.47. The zero-order valence-corrected chi connectivity index (χ0v) is 13.9. The summed E-state index contributed by atoms with van der Waals surface area (Å²) in [5.74, 6) is 2.98. The lowest BCUT2D eigenvalue weighted by Gasteiger charge is -2.32. The van der Waals surface area contributed by atoms with Gasteiger partial charge in [0.2, 0.25) is 0 Å². The van der Waals surface area contributed by atoms with Crippen molar-refractivity contribution in [2.45, 2.75) is 76.4 Å². The van der Waals surface area contributed by atoms with E-state index in [2.05, 4.69) is 37.2 Å². The Balaban J connectivity index is 1.54. The molecule has 118 valence electrons. The van der Waals surface area contributed by atoms with Crippen molar-refractivity contribution in [1.29, 1.82) is 5.26 Å². The van der Waals surface area contributed by atoms with Crippen LogP contribution < -0.4 is 5.32 Å². The Kier molecular flexibility index (Phi) is 4.30. The molecule has 3 saturated carbocycles. The van der Waals surface area contributed by atoms with Crippen LogP contribution in [0.2, 0.25) is 0 Å². The molecule has 5 atom stereocenters. The first-order valence-electron chi connectivity index (χ1n) is 8.90. The molecule has 5 unspecified atom stereocenters. The van der Waals surface area contributed by atoms with E-state index in [0.29, 0.717) is 12.1 Å². The molecule has 1 N–H and O–H groups in total. The van der Waals surface area contributed by atoms with Crippen LogP contribution in [0.1, 0.15) is 58.8 Å². The third-order valence-corrected chi connectivity index (χ3v) is 6.30. The fourth-order valence-electron chi connectivity index (χ4n) is 5.33. The van der Waals surface area contributed by atoms with Crippen LogP contribution in [0.15, 0.2) is 0 Å². The molecule has 0 amide bonds. The molecule has 0 aromatic rings. The number of nitrogens with one attached hydrogen (secondary N) is 1. The van der Waals surface area contributed by atoms with Crippen LogP contribution in [0.3, 0.4) is 0 Å². The van der Waals surface area contributed by atoms with E-state index < -0.39 is 0 Å². The maximum Gasteiger partial charge on any atom is 0.108 e. The van der Waals surface area contributed by atoms with Gasteiger partial charge >= 0.3 is 0 Å². The largest absolute Gasteiger partial charge is 0.303 e. The van der Waals surface area contributed by atoms with E-state index in [0.717, 1.165) is 30.6 Å². The third kappa shape index (κ3) is 3.12. The molecule has 3 fully saturated rings. The maximum absolute atomic E-state index is 9.60. The van der Waals surface area contributed by atoms with Gasteiger partial charge in [0.1, 0.15) is 5.54 Å². The molecule has 2 bridgehead atoms. The number of nitrogens with zero attached hydrogens (tertiary/aromatic N) is 2. The third-order valence-electron chi connectivity index (χ3n) is 6.30. The van der Waals surface area contributed by atoms with Crippen LogP contribution in [0.4, 0.5) is 0 Å². The standard InChI is InChI=1S/C18H31N3/c1-13(2)20-18(12-19)7-6-17(10-18)21(3)11-16-9-14-4-5-15(16)8-14/h13-17,20H,4-11H2,1-3H3. The van der Waals surface area contributed by atoms with E-state index in [1.165, 1.54) is 38.6 Å². The Hall–Kier alpha value is -0.590. The summed E-state index contributed by atoms with van der Waals surface area (Å²) in [6, 6.07) is 3.56. The van der Waals surface area contributed by atoms with Crippen molar-refractivity contribution in [2.24, 2.45) is 17.8 Å². The first-order chi connectivity index (χ1) is 10.0. The summed E-state index contributed by atoms with van der Waals surface area (Å²) in [7, 11) is 2.29. The van der Waals surface area contributed by atoms with Gasteiger partial charge in [0.05, 0.1) is 6.07 Å². The summed E-state index contributed by atoms with van der Waals surface area (Å²) < 4.78 is 0. The van der Waals surface area contributed by atoms with E-state index in [1.807, 2.05) is 0 Å².